The summed E-state index contributed by atoms with van der Waals surface area (Å²) in [5, 5.41) is 8.70. The second-order valence-corrected chi connectivity index (χ2v) is 2.64. The van der Waals surface area contributed by atoms with Gasteiger partial charge in [0.1, 0.15) is 6.07 Å². The molecule has 0 aliphatic carbocycles. The fourth-order valence-corrected chi connectivity index (χ4v) is 1.02. The topological polar surface area (TPSA) is 67.6 Å². The van der Waals surface area contributed by atoms with E-state index in [1.165, 1.54) is 0 Å². The summed E-state index contributed by atoms with van der Waals surface area (Å²) in [4.78, 5) is 3.86. The van der Waals surface area contributed by atoms with E-state index in [1.807, 2.05) is 6.07 Å². The molecule has 1 heterocycles. The van der Waals surface area contributed by atoms with Crippen LogP contribution in [0.25, 0.3) is 0 Å². The van der Waals surface area contributed by atoms with Gasteiger partial charge in [-0.05, 0) is 6.42 Å². The van der Waals surface area contributed by atoms with E-state index in [-0.39, 0.29) is 0 Å². The van der Waals surface area contributed by atoms with E-state index >= 15 is 0 Å². The monoisotopic (exact) mass is 164 g/mol. The summed E-state index contributed by atoms with van der Waals surface area (Å²) >= 11 is 0. The van der Waals surface area contributed by atoms with Gasteiger partial charge in [-0.3, -0.25) is 0 Å². The summed E-state index contributed by atoms with van der Waals surface area (Å²) < 4.78 is 1.79. The number of unbranched alkanes of at least 4 members (excludes halogenated alkanes) is 1. The van der Waals surface area contributed by atoms with Crippen LogP contribution in [0.2, 0.25) is 0 Å². The number of nitriles is 1. The van der Waals surface area contributed by atoms with E-state index in [2.05, 4.69) is 11.9 Å². The first-order valence-corrected chi connectivity index (χ1v) is 4.00. The zero-order valence-electron chi connectivity index (χ0n) is 7.12. The number of aryl methyl sites for hydroxylation is 1. The second kappa shape index (κ2) is 3.77. The molecule has 0 aromatic carbocycles. The van der Waals surface area contributed by atoms with Crippen LogP contribution in [0.3, 0.4) is 0 Å². The van der Waals surface area contributed by atoms with Crippen molar-refractivity contribution in [1.29, 1.82) is 5.26 Å². The van der Waals surface area contributed by atoms with Crippen LogP contribution in [0.1, 0.15) is 25.5 Å². The lowest BCUT2D eigenvalue weighted by atomic mass is 10.3. The van der Waals surface area contributed by atoms with Gasteiger partial charge < -0.3 is 10.3 Å². The number of aromatic nitrogens is 2. The molecule has 0 unspecified atom stereocenters. The fourth-order valence-electron chi connectivity index (χ4n) is 1.02. The Kier molecular flexibility index (Phi) is 2.70. The zero-order valence-corrected chi connectivity index (χ0v) is 7.12. The number of nitrogens with two attached hydrogens (primary N) is 1. The van der Waals surface area contributed by atoms with Gasteiger partial charge in [0, 0.05) is 6.54 Å². The number of hydrogen-bond acceptors (Lipinski definition) is 3. The minimum atomic E-state index is 0.327. The van der Waals surface area contributed by atoms with E-state index in [4.69, 9.17) is 11.0 Å². The van der Waals surface area contributed by atoms with Crippen molar-refractivity contribution in [3.8, 4) is 6.07 Å². The van der Waals surface area contributed by atoms with Crippen LogP contribution in [-0.4, -0.2) is 9.55 Å². The van der Waals surface area contributed by atoms with Gasteiger partial charge in [-0.25, -0.2) is 4.98 Å². The molecule has 0 fully saturated rings. The standard InChI is InChI=1S/C8H12N4/c1-2-3-4-12-6-11-8(10)7(12)5-9/h6H,2-4,10H2,1H3. The summed E-state index contributed by atoms with van der Waals surface area (Å²) in [5.74, 6) is 0.327. The maximum absolute atomic E-state index is 8.70. The molecule has 64 valence electrons. The summed E-state index contributed by atoms with van der Waals surface area (Å²) in [5.41, 5.74) is 5.94. The molecule has 0 saturated heterocycles. The predicted molar refractivity (Wildman–Crippen MR) is 46.3 cm³/mol. The molecule has 4 heteroatoms. The molecule has 1 aromatic heterocycles. The van der Waals surface area contributed by atoms with Crippen molar-refractivity contribution >= 4 is 5.82 Å². The Morgan fingerprint density at radius 1 is 1.75 bits per heavy atom. The molecule has 0 amide bonds. The third-order valence-electron chi connectivity index (χ3n) is 1.72. The quantitative estimate of drug-likeness (QED) is 0.728. The van der Waals surface area contributed by atoms with Gasteiger partial charge >= 0.3 is 0 Å². The van der Waals surface area contributed by atoms with Crippen molar-refractivity contribution in [2.45, 2.75) is 26.3 Å². The molecule has 0 aliphatic heterocycles. The highest BCUT2D eigenvalue weighted by molar-refractivity contribution is 5.43. The second-order valence-electron chi connectivity index (χ2n) is 2.64. The summed E-state index contributed by atoms with van der Waals surface area (Å²) in [6.45, 7) is 2.93. The maximum atomic E-state index is 8.70. The number of nitrogen functional groups attached to an aromatic ring is 1. The Hall–Kier alpha value is -1.50. The molecule has 2 N–H and O–H groups in total. The fraction of sp³-hybridized carbons (Fsp3) is 0.500. The molecule has 0 radical (unpaired) electrons. The number of rotatable bonds is 3. The number of imidazole rings is 1. The molecular weight excluding hydrogens is 152 g/mol. The van der Waals surface area contributed by atoms with Crippen LogP contribution in [0.4, 0.5) is 5.82 Å². The summed E-state index contributed by atoms with van der Waals surface area (Å²) in [6.07, 6.45) is 3.76. The first-order valence-electron chi connectivity index (χ1n) is 4.00. The van der Waals surface area contributed by atoms with Gasteiger partial charge in [0.25, 0.3) is 0 Å². The highest BCUT2D eigenvalue weighted by Crippen LogP contribution is 2.08. The van der Waals surface area contributed by atoms with Gasteiger partial charge in [0.2, 0.25) is 0 Å². The first-order chi connectivity index (χ1) is 5.79. The number of nitrogens with zero attached hydrogens (tertiary/aromatic N) is 3. The SMILES string of the molecule is CCCCn1cnc(N)c1C#N. The van der Waals surface area contributed by atoms with Crippen molar-refractivity contribution in [3.63, 3.8) is 0 Å². The lowest BCUT2D eigenvalue weighted by Crippen LogP contribution is -2.00. The molecule has 0 atom stereocenters. The number of hydrogen-bond donors (Lipinski definition) is 1. The van der Waals surface area contributed by atoms with E-state index in [0.29, 0.717) is 11.5 Å². The van der Waals surface area contributed by atoms with E-state index in [0.717, 1.165) is 19.4 Å². The molecule has 0 saturated carbocycles. The lowest BCUT2D eigenvalue weighted by molar-refractivity contribution is 0.626. The van der Waals surface area contributed by atoms with E-state index < -0.39 is 0 Å². The number of anilines is 1. The predicted octanol–water partition coefficient (Wildman–Crippen LogP) is 1.14. The van der Waals surface area contributed by atoms with Crippen molar-refractivity contribution in [2.24, 2.45) is 0 Å². The molecule has 0 bridgehead atoms. The third kappa shape index (κ3) is 1.56. The van der Waals surface area contributed by atoms with Crippen LogP contribution in [-0.2, 0) is 6.54 Å². The van der Waals surface area contributed by atoms with Crippen LogP contribution in [0.15, 0.2) is 6.33 Å². The Balaban J connectivity index is 2.79. The molecular formula is C8H12N4. The summed E-state index contributed by atoms with van der Waals surface area (Å²) in [7, 11) is 0. The van der Waals surface area contributed by atoms with Crippen LogP contribution >= 0.6 is 0 Å². The van der Waals surface area contributed by atoms with Crippen LogP contribution < -0.4 is 5.73 Å². The van der Waals surface area contributed by atoms with Crippen LogP contribution in [0.5, 0.6) is 0 Å². The minimum Gasteiger partial charge on any atom is -0.381 e. The largest absolute Gasteiger partial charge is 0.381 e. The first kappa shape index (κ1) is 8.60. The minimum absolute atomic E-state index is 0.327. The normalized spacial score (nSPS) is 9.67. The van der Waals surface area contributed by atoms with Crippen molar-refractivity contribution in [2.75, 3.05) is 5.73 Å². The lowest BCUT2D eigenvalue weighted by Gasteiger charge is -2.00. The molecule has 12 heavy (non-hydrogen) atoms. The highest BCUT2D eigenvalue weighted by Gasteiger charge is 2.05. The average Bonchev–Trinajstić information content (AvgIpc) is 2.43. The highest BCUT2D eigenvalue weighted by atomic mass is 15.1. The van der Waals surface area contributed by atoms with Crippen molar-refractivity contribution in [3.05, 3.63) is 12.0 Å². The Bertz CT molecular complexity index is 294. The Morgan fingerprint density at radius 3 is 3.08 bits per heavy atom. The van der Waals surface area contributed by atoms with Crippen LogP contribution in [0, 0.1) is 11.3 Å². The van der Waals surface area contributed by atoms with Crippen molar-refractivity contribution < 1.29 is 0 Å². The molecule has 0 spiro atoms. The van der Waals surface area contributed by atoms with E-state index in [1.54, 1.807) is 10.9 Å². The smallest absolute Gasteiger partial charge is 0.164 e. The van der Waals surface area contributed by atoms with E-state index in [9.17, 15) is 0 Å². The maximum Gasteiger partial charge on any atom is 0.164 e. The molecule has 0 aliphatic rings. The molecule has 1 rings (SSSR count). The van der Waals surface area contributed by atoms with Gasteiger partial charge in [-0.2, -0.15) is 5.26 Å². The Labute approximate surface area is 71.6 Å². The molecule has 4 nitrogen and oxygen atoms in total. The van der Waals surface area contributed by atoms with Gasteiger partial charge in [-0.15, -0.1) is 0 Å². The van der Waals surface area contributed by atoms with Gasteiger partial charge in [0.05, 0.1) is 6.33 Å². The zero-order chi connectivity index (χ0) is 8.97. The Morgan fingerprint density at radius 2 is 2.50 bits per heavy atom. The summed E-state index contributed by atoms with van der Waals surface area (Å²) in [6, 6.07) is 2.03. The van der Waals surface area contributed by atoms with Crippen molar-refractivity contribution in [1.82, 2.24) is 9.55 Å². The molecule has 1 aromatic rings. The third-order valence-corrected chi connectivity index (χ3v) is 1.72. The van der Waals surface area contributed by atoms with Gasteiger partial charge in [-0.1, -0.05) is 13.3 Å². The average molecular weight is 164 g/mol. The van der Waals surface area contributed by atoms with Gasteiger partial charge in [0.15, 0.2) is 11.5 Å².